The van der Waals surface area contributed by atoms with Crippen LogP contribution in [0.2, 0.25) is 0 Å². The van der Waals surface area contributed by atoms with Gasteiger partial charge in [-0.3, -0.25) is 0 Å². The molecule has 3 aromatic rings. The van der Waals surface area contributed by atoms with E-state index in [1.165, 1.54) is 4.90 Å². The summed E-state index contributed by atoms with van der Waals surface area (Å²) in [6.45, 7) is 0.746. The van der Waals surface area contributed by atoms with Gasteiger partial charge in [-0.2, -0.15) is 18.4 Å². The number of benzene rings is 3. The summed E-state index contributed by atoms with van der Waals surface area (Å²) >= 11 is 3.42. The zero-order chi connectivity index (χ0) is 26.6. The Morgan fingerprint density at radius 2 is 1.68 bits per heavy atom. The topological polar surface area (TPSA) is 76.4 Å². The smallest absolute Gasteiger partial charge is 0.416 e. The molecule has 1 fully saturated rings. The van der Waals surface area contributed by atoms with Gasteiger partial charge in [0, 0.05) is 23.0 Å². The Hall–Kier alpha value is -3.35. The van der Waals surface area contributed by atoms with Crippen LogP contribution in [0.1, 0.15) is 35.1 Å². The molecular formula is C28H23BrF3N2O3-. The Balaban J connectivity index is 1.57. The third kappa shape index (κ3) is 6.32. The first-order chi connectivity index (χ1) is 17.6. The standard InChI is InChI=1S/C28H24BrF3N2O3/c29-25-7-5-23(6-8-25)27(9-11-34(12-10-27)26(35)36)18-37-17-20-13-22(15-24(14-20)28(30,31)32)21-3-1-19(16-33)2-4-21/h1-8,13-15H,9-12,17-18H2,(H,35,36)/p-1. The van der Waals surface area contributed by atoms with Crippen LogP contribution >= 0.6 is 15.9 Å². The van der Waals surface area contributed by atoms with Gasteiger partial charge in [0.25, 0.3) is 0 Å². The second-order valence-electron chi connectivity index (χ2n) is 9.14. The number of hydrogen-bond acceptors (Lipinski definition) is 4. The molecule has 37 heavy (non-hydrogen) atoms. The summed E-state index contributed by atoms with van der Waals surface area (Å²) in [6, 6.07) is 19.9. The first-order valence-electron chi connectivity index (χ1n) is 11.6. The van der Waals surface area contributed by atoms with Crippen molar-refractivity contribution in [2.75, 3.05) is 19.7 Å². The quantitative estimate of drug-likeness (QED) is 0.369. The number of alkyl halides is 3. The van der Waals surface area contributed by atoms with Crippen LogP contribution in [0.4, 0.5) is 18.0 Å². The van der Waals surface area contributed by atoms with E-state index in [9.17, 15) is 23.1 Å². The van der Waals surface area contributed by atoms with Crippen LogP contribution in [0.5, 0.6) is 0 Å². The molecule has 1 saturated heterocycles. The summed E-state index contributed by atoms with van der Waals surface area (Å²) < 4.78 is 47.9. The number of nitriles is 1. The summed E-state index contributed by atoms with van der Waals surface area (Å²) in [6.07, 6.45) is -4.75. The molecule has 9 heteroatoms. The summed E-state index contributed by atoms with van der Waals surface area (Å²) in [5, 5.41) is 20.3. The molecule has 0 spiro atoms. The van der Waals surface area contributed by atoms with Crippen molar-refractivity contribution in [1.29, 1.82) is 5.26 Å². The maximum absolute atomic E-state index is 13.7. The number of piperidine rings is 1. The highest BCUT2D eigenvalue weighted by atomic mass is 79.9. The lowest BCUT2D eigenvalue weighted by Crippen LogP contribution is -2.51. The summed E-state index contributed by atoms with van der Waals surface area (Å²) in [5.74, 6) is 0. The molecule has 192 valence electrons. The van der Waals surface area contributed by atoms with Gasteiger partial charge in [0.2, 0.25) is 0 Å². The van der Waals surface area contributed by atoms with Gasteiger partial charge in [0.05, 0.1) is 30.4 Å². The molecule has 0 aromatic heterocycles. The predicted octanol–water partition coefficient (Wildman–Crippen LogP) is 5.90. The molecule has 0 unspecified atom stereocenters. The lowest BCUT2D eigenvalue weighted by Gasteiger charge is -2.43. The number of amides is 1. The number of nitrogens with zero attached hydrogens (tertiary/aromatic N) is 2. The fraction of sp³-hybridized carbons (Fsp3) is 0.286. The van der Waals surface area contributed by atoms with E-state index in [0.29, 0.717) is 35.1 Å². The van der Waals surface area contributed by atoms with E-state index in [2.05, 4.69) is 15.9 Å². The van der Waals surface area contributed by atoms with Gasteiger partial charge in [-0.1, -0.05) is 40.2 Å². The molecular weight excluding hydrogens is 549 g/mol. The van der Waals surface area contributed by atoms with E-state index < -0.39 is 23.2 Å². The summed E-state index contributed by atoms with van der Waals surface area (Å²) in [4.78, 5) is 12.6. The fourth-order valence-electron chi connectivity index (χ4n) is 4.64. The molecule has 0 atom stereocenters. The fourth-order valence-corrected chi connectivity index (χ4v) is 4.91. The van der Waals surface area contributed by atoms with E-state index in [-0.39, 0.29) is 26.3 Å². The monoisotopic (exact) mass is 571 g/mol. The van der Waals surface area contributed by atoms with E-state index in [4.69, 9.17) is 10.00 Å². The molecule has 1 aliphatic heterocycles. The molecule has 4 rings (SSSR count). The van der Waals surface area contributed by atoms with E-state index in [1.54, 1.807) is 30.3 Å². The van der Waals surface area contributed by atoms with E-state index in [0.717, 1.165) is 22.2 Å². The second-order valence-corrected chi connectivity index (χ2v) is 10.1. The van der Waals surface area contributed by atoms with Crippen LogP contribution in [0.3, 0.4) is 0 Å². The molecule has 3 aromatic carbocycles. The van der Waals surface area contributed by atoms with Crippen molar-refractivity contribution in [3.63, 3.8) is 0 Å². The van der Waals surface area contributed by atoms with Crippen LogP contribution < -0.4 is 5.11 Å². The molecule has 1 heterocycles. The second kappa shape index (κ2) is 11.0. The van der Waals surface area contributed by atoms with E-state index in [1.807, 2.05) is 30.3 Å². The Kier molecular flexibility index (Phi) is 7.90. The molecule has 5 nitrogen and oxygen atoms in total. The third-order valence-corrected chi connectivity index (χ3v) is 7.28. The number of carbonyl (C=O) groups is 1. The van der Waals surface area contributed by atoms with Crippen molar-refractivity contribution in [3.05, 3.63) is 93.5 Å². The average Bonchev–Trinajstić information content (AvgIpc) is 2.88. The van der Waals surface area contributed by atoms with Gasteiger partial charge in [-0.15, -0.1) is 0 Å². The zero-order valence-electron chi connectivity index (χ0n) is 19.7. The number of hydrogen-bond donors (Lipinski definition) is 0. The van der Waals surface area contributed by atoms with Crippen molar-refractivity contribution in [2.45, 2.75) is 31.0 Å². The SMILES string of the molecule is N#Cc1ccc(-c2cc(COCC3(c4ccc(Br)cc4)CCN(C(=O)[O-])CC3)cc(C(F)(F)F)c2)cc1. The average molecular weight is 572 g/mol. The van der Waals surface area contributed by atoms with Gasteiger partial charge in [0.1, 0.15) is 6.09 Å². The highest BCUT2D eigenvalue weighted by Gasteiger charge is 2.37. The Morgan fingerprint density at radius 1 is 1.03 bits per heavy atom. The van der Waals surface area contributed by atoms with Crippen molar-refractivity contribution in [1.82, 2.24) is 4.90 Å². The number of carboxylic acid groups (broad SMARTS) is 1. The predicted molar refractivity (Wildman–Crippen MR) is 133 cm³/mol. The maximum atomic E-state index is 13.7. The largest absolute Gasteiger partial charge is 0.530 e. The minimum atomic E-state index is -4.53. The van der Waals surface area contributed by atoms with E-state index >= 15 is 0 Å². The molecule has 0 radical (unpaired) electrons. The van der Waals surface area contributed by atoms with Crippen LogP contribution in [0.15, 0.2) is 71.2 Å². The maximum Gasteiger partial charge on any atom is 0.416 e. The van der Waals surface area contributed by atoms with Crippen LogP contribution in [-0.2, 0) is 22.9 Å². The van der Waals surface area contributed by atoms with Crippen LogP contribution in [0.25, 0.3) is 11.1 Å². The molecule has 1 amide bonds. The lowest BCUT2D eigenvalue weighted by atomic mass is 9.73. The van der Waals surface area contributed by atoms with Crippen LogP contribution in [-0.4, -0.2) is 30.7 Å². The summed E-state index contributed by atoms with van der Waals surface area (Å²) in [7, 11) is 0. The van der Waals surface area contributed by atoms with Crippen molar-refractivity contribution in [2.24, 2.45) is 0 Å². The number of ether oxygens (including phenoxy) is 1. The van der Waals surface area contributed by atoms with Crippen LogP contribution in [0, 0.1) is 11.3 Å². The Morgan fingerprint density at radius 3 is 2.24 bits per heavy atom. The number of carbonyl (C=O) groups excluding carboxylic acids is 1. The molecule has 0 saturated carbocycles. The molecule has 0 aliphatic carbocycles. The summed E-state index contributed by atoms with van der Waals surface area (Å²) in [5.41, 5.74) is 1.45. The Bertz CT molecular complexity index is 1290. The number of likely N-dealkylation sites (tertiary alicyclic amines) is 1. The highest BCUT2D eigenvalue weighted by Crippen LogP contribution is 2.38. The number of halogens is 4. The van der Waals surface area contributed by atoms with Gasteiger partial charge in [-0.25, -0.2) is 0 Å². The molecule has 1 aliphatic rings. The molecule has 0 bridgehead atoms. The first-order valence-corrected chi connectivity index (χ1v) is 12.4. The minimum Gasteiger partial charge on any atom is -0.530 e. The van der Waals surface area contributed by atoms with Gasteiger partial charge in [-0.05, 0) is 77.6 Å². The van der Waals surface area contributed by atoms with Gasteiger partial charge >= 0.3 is 6.18 Å². The van der Waals surface area contributed by atoms with Gasteiger partial charge in [0.15, 0.2) is 0 Å². The normalized spacial score (nSPS) is 15.3. The van der Waals surface area contributed by atoms with Crippen molar-refractivity contribution >= 4 is 22.0 Å². The third-order valence-electron chi connectivity index (χ3n) is 6.75. The number of rotatable bonds is 6. The first kappa shape index (κ1) is 26.7. The molecule has 0 N–H and O–H groups in total. The lowest BCUT2D eigenvalue weighted by molar-refractivity contribution is -0.267. The van der Waals surface area contributed by atoms with Gasteiger partial charge < -0.3 is 19.5 Å². The van der Waals surface area contributed by atoms with Crippen molar-refractivity contribution in [3.8, 4) is 17.2 Å². The minimum absolute atomic E-state index is 0.0460. The zero-order valence-corrected chi connectivity index (χ0v) is 21.3. The van der Waals surface area contributed by atoms with Crippen molar-refractivity contribution < 1.29 is 27.8 Å². The Labute approximate surface area is 221 Å². The highest BCUT2D eigenvalue weighted by molar-refractivity contribution is 9.10.